The molecule has 0 saturated carbocycles. The third-order valence-electron chi connectivity index (χ3n) is 2.58. The Morgan fingerprint density at radius 3 is 2.82 bits per heavy atom. The number of rotatable bonds is 7. The highest BCUT2D eigenvalue weighted by molar-refractivity contribution is 9.10. The van der Waals surface area contributed by atoms with Gasteiger partial charge in [0.25, 0.3) is 0 Å². The highest BCUT2D eigenvalue weighted by atomic mass is 79.9. The van der Waals surface area contributed by atoms with Crippen molar-refractivity contribution in [1.29, 1.82) is 0 Å². The van der Waals surface area contributed by atoms with Gasteiger partial charge in [-0.2, -0.15) is 5.10 Å². The Labute approximate surface area is 111 Å². The Kier molecular flexibility index (Phi) is 5.85. The van der Waals surface area contributed by atoms with Crippen LogP contribution in [0.2, 0.25) is 0 Å². The first kappa shape index (κ1) is 14.4. The summed E-state index contributed by atoms with van der Waals surface area (Å²) in [6, 6.07) is 0. The van der Waals surface area contributed by atoms with E-state index in [1.807, 2.05) is 14.1 Å². The van der Waals surface area contributed by atoms with Crippen LogP contribution in [0, 0.1) is 0 Å². The lowest BCUT2D eigenvalue weighted by Gasteiger charge is -2.11. The molecule has 0 aliphatic heterocycles. The Balaban J connectivity index is 2.75. The van der Waals surface area contributed by atoms with Gasteiger partial charge in [-0.3, -0.25) is 9.48 Å². The maximum absolute atomic E-state index is 12.0. The van der Waals surface area contributed by atoms with Crippen molar-refractivity contribution in [3.05, 3.63) is 16.4 Å². The maximum atomic E-state index is 12.0. The molecular formula is C12H20BrN3O. The van der Waals surface area contributed by atoms with Gasteiger partial charge in [-0.15, -0.1) is 0 Å². The maximum Gasteiger partial charge on any atom is 0.182 e. The first-order valence-electron chi connectivity index (χ1n) is 5.95. The van der Waals surface area contributed by atoms with Crippen LogP contribution in [0.5, 0.6) is 0 Å². The predicted molar refractivity (Wildman–Crippen MR) is 72.3 cm³/mol. The third kappa shape index (κ3) is 4.24. The van der Waals surface area contributed by atoms with Crippen molar-refractivity contribution < 1.29 is 4.79 Å². The molecule has 1 aromatic rings. The number of nitrogens with zero attached hydrogens (tertiary/aromatic N) is 3. The first-order chi connectivity index (χ1) is 8.06. The Morgan fingerprint density at radius 2 is 2.24 bits per heavy atom. The number of halogens is 1. The number of carbonyl (C=O) groups is 1. The predicted octanol–water partition coefficient (Wildman–Crippen LogP) is 2.58. The van der Waals surface area contributed by atoms with Crippen molar-refractivity contribution in [2.75, 3.05) is 20.6 Å². The molecule has 5 heteroatoms. The molecule has 96 valence electrons. The summed E-state index contributed by atoms with van der Waals surface area (Å²) in [4.78, 5) is 14.1. The van der Waals surface area contributed by atoms with Gasteiger partial charge in [0.05, 0.1) is 17.2 Å². The molecule has 1 heterocycles. The molecule has 0 fully saturated rings. The van der Waals surface area contributed by atoms with Gasteiger partial charge in [0.15, 0.2) is 5.78 Å². The summed E-state index contributed by atoms with van der Waals surface area (Å²) in [7, 11) is 4.02. The fourth-order valence-corrected chi connectivity index (χ4v) is 2.08. The van der Waals surface area contributed by atoms with E-state index >= 15 is 0 Å². The van der Waals surface area contributed by atoms with E-state index in [9.17, 15) is 4.79 Å². The molecule has 0 spiro atoms. The zero-order valence-corrected chi connectivity index (χ0v) is 12.3. The molecule has 0 saturated heterocycles. The second kappa shape index (κ2) is 6.91. The van der Waals surface area contributed by atoms with E-state index in [0.717, 1.165) is 30.4 Å². The van der Waals surface area contributed by atoms with Crippen molar-refractivity contribution in [3.8, 4) is 0 Å². The molecule has 0 radical (unpaired) electrons. The van der Waals surface area contributed by atoms with Crippen molar-refractivity contribution >= 4 is 21.7 Å². The van der Waals surface area contributed by atoms with E-state index in [-0.39, 0.29) is 5.78 Å². The van der Waals surface area contributed by atoms with Crippen molar-refractivity contribution in [2.45, 2.75) is 32.7 Å². The standard InChI is InChI=1S/C12H20BrN3O/c1-4-5-6-11(17)12-10(13)9-14-16(12)8-7-15(2)3/h9H,4-8H2,1-3H3. The van der Waals surface area contributed by atoms with Crippen molar-refractivity contribution in [2.24, 2.45) is 0 Å². The number of ketones is 1. The second-order valence-electron chi connectivity index (χ2n) is 4.39. The molecule has 4 nitrogen and oxygen atoms in total. The average Bonchev–Trinajstić information content (AvgIpc) is 2.64. The van der Waals surface area contributed by atoms with Crippen LogP contribution in [0.15, 0.2) is 10.7 Å². The summed E-state index contributed by atoms with van der Waals surface area (Å²) < 4.78 is 2.60. The zero-order valence-electron chi connectivity index (χ0n) is 10.7. The number of hydrogen-bond donors (Lipinski definition) is 0. The minimum absolute atomic E-state index is 0.176. The van der Waals surface area contributed by atoms with Crippen molar-refractivity contribution in [3.63, 3.8) is 0 Å². The topological polar surface area (TPSA) is 38.1 Å². The lowest BCUT2D eigenvalue weighted by atomic mass is 10.1. The minimum atomic E-state index is 0.176. The molecule has 0 bridgehead atoms. The number of likely N-dealkylation sites (N-methyl/N-ethyl adjacent to an activating group) is 1. The lowest BCUT2D eigenvalue weighted by molar-refractivity contribution is 0.0967. The van der Waals surface area contributed by atoms with Gasteiger partial charge in [0, 0.05) is 13.0 Å². The second-order valence-corrected chi connectivity index (χ2v) is 5.25. The SMILES string of the molecule is CCCCC(=O)c1c(Br)cnn1CCN(C)C. The van der Waals surface area contributed by atoms with Gasteiger partial charge in [-0.1, -0.05) is 13.3 Å². The van der Waals surface area contributed by atoms with Gasteiger partial charge >= 0.3 is 0 Å². The molecule has 1 aromatic heterocycles. The van der Waals surface area contributed by atoms with E-state index in [1.54, 1.807) is 10.9 Å². The molecule has 0 atom stereocenters. The fourth-order valence-electron chi connectivity index (χ4n) is 1.56. The van der Waals surface area contributed by atoms with Crippen LogP contribution < -0.4 is 0 Å². The van der Waals surface area contributed by atoms with Crippen LogP contribution in [0.25, 0.3) is 0 Å². The number of Topliss-reactive ketones (excluding diaryl/α,β-unsaturated/α-hetero) is 1. The monoisotopic (exact) mass is 301 g/mol. The molecule has 0 unspecified atom stereocenters. The highest BCUT2D eigenvalue weighted by Crippen LogP contribution is 2.18. The minimum Gasteiger partial charge on any atom is -0.308 e. The summed E-state index contributed by atoms with van der Waals surface area (Å²) >= 11 is 3.40. The van der Waals surface area contributed by atoms with E-state index in [2.05, 4.69) is 32.9 Å². The fraction of sp³-hybridized carbons (Fsp3) is 0.667. The molecule has 1 rings (SSSR count). The van der Waals surface area contributed by atoms with Crippen LogP contribution in [0.4, 0.5) is 0 Å². The molecule has 17 heavy (non-hydrogen) atoms. The quantitative estimate of drug-likeness (QED) is 0.727. The average molecular weight is 302 g/mol. The van der Waals surface area contributed by atoms with Gasteiger partial charge in [-0.05, 0) is 36.4 Å². The van der Waals surface area contributed by atoms with E-state index in [4.69, 9.17) is 0 Å². The number of unbranched alkanes of at least 4 members (excludes halogenated alkanes) is 1. The Morgan fingerprint density at radius 1 is 1.53 bits per heavy atom. The summed E-state index contributed by atoms with van der Waals surface area (Å²) in [5.41, 5.74) is 0.709. The normalized spacial score (nSPS) is 11.1. The smallest absolute Gasteiger partial charge is 0.182 e. The van der Waals surface area contributed by atoms with Crippen molar-refractivity contribution in [1.82, 2.24) is 14.7 Å². The molecule has 0 N–H and O–H groups in total. The summed E-state index contributed by atoms with van der Waals surface area (Å²) in [5.74, 6) is 0.176. The van der Waals surface area contributed by atoms with E-state index in [0.29, 0.717) is 12.1 Å². The molecule has 0 aliphatic rings. The van der Waals surface area contributed by atoms with Gasteiger partial charge < -0.3 is 4.90 Å². The van der Waals surface area contributed by atoms with Crippen LogP contribution in [0.3, 0.4) is 0 Å². The van der Waals surface area contributed by atoms with Crippen LogP contribution >= 0.6 is 15.9 Å². The zero-order chi connectivity index (χ0) is 12.8. The largest absolute Gasteiger partial charge is 0.308 e. The molecule has 0 aliphatic carbocycles. The summed E-state index contributed by atoms with van der Waals surface area (Å²) in [6.07, 6.45) is 4.27. The number of aromatic nitrogens is 2. The van der Waals surface area contributed by atoms with Gasteiger partial charge in [0.1, 0.15) is 5.69 Å². The first-order valence-corrected chi connectivity index (χ1v) is 6.74. The van der Waals surface area contributed by atoms with Gasteiger partial charge in [-0.25, -0.2) is 0 Å². The number of carbonyl (C=O) groups excluding carboxylic acids is 1. The number of hydrogen-bond acceptors (Lipinski definition) is 3. The van der Waals surface area contributed by atoms with Crippen LogP contribution in [-0.4, -0.2) is 41.1 Å². The van der Waals surface area contributed by atoms with Crippen LogP contribution in [-0.2, 0) is 6.54 Å². The van der Waals surface area contributed by atoms with Crippen LogP contribution in [0.1, 0.15) is 36.7 Å². The highest BCUT2D eigenvalue weighted by Gasteiger charge is 2.16. The third-order valence-corrected chi connectivity index (χ3v) is 3.16. The lowest BCUT2D eigenvalue weighted by Crippen LogP contribution is -2.21. The summed E-state index contributed by atoms with van der Waals surface area (Å²) in [6.45, 7) is 3.71. The molecular weight excluding hydrogens is 282 g/mol. The molecule has 0 aromatic carbocycles. The Hall–Kier alpha value is -0.680. The van der Waals surface area contributed by atoms with Gasteiger partial charge in [0.2, 0.25) is 0 Å². The van der Waals surface area contributed by atoms with E-state index < -0.39 is 0 Å². The Bertz CT molecular complexity index is 374. The van der Waals surface area contributed by atoms with E-state index in [1.165, 1.54) is 0 Å². The molecule has 0 amide bonds. The summed E-state index contributed by atoms with van der Waals surface area (Å²) in [5, 5.41) is 4.24.